The van der Waals surface area contributed by atoms with Crippen LogP contribution in [0.1, 0.15) is 37.8 Å². The third kappa shape index (κ3) is 3.59. The zero-order chi connectivity index (χ0) is 24.6. The van der Waals surface area contributed by atoms with E-state index in [0.29, 0.717) is 21.0 Å². The van der Waals surface area contributed by atoms with Gasteiger partial charge in [0.2, 0.25) is 0 Å². The molecule has 3 nitrogen and oxygen atoms in total. The van der Waals surface area contributed by atoms with Crippen LogP contribution in [0.4, 0.5) is 0 Å². The van der Waals surface area contributed by atoms with Gasteiger partial charge in [-0.05, 0) is 55.6 Å². The van der Waals surface area contributed by atoms with E-state index in [1.165, 1.54) is 28.8 Å². The van der Waals surface area contributed by atoms with E-state index in [2.05, 4.69) is 4.98 Å². The summed E-state index contributed by atoms with van der Waals surface area (Å²) >= 11 is 5.94. The molecule has 4 rings (SSSR count). The molecule has 2 heterocycles. The Morgan fingerprint density at radius 1 is 1.08 bits per heavy atom. The molecule has 1 aliphatic rings. The second kappa shape index (κ2) is 7.56. The summed E-state index contributed by atoms with van der Waals surface area (Å²) in [7, 11) is 0. The molecule has 0 radical (unpaired) electrons. The van der Waals surface area contributed by atoms with Gasteiger partial charge in [0.25, 0.3) is 0 Å². The number of benzene rings is 2. The van der Waals surface area contributed by atoms with Gasteiger partial charge in [0, 0.05) is 22.5 Å². The normalized spacial score (nSPS) is 30.0. The first-order valence-electron chi connectivity index (χ1n) is 12.1. The number of hydrogen-bond donors (Lipinski definition) is 0. The van der Waals surface area contributed by atoms with Gasteiger partial charge >= 0.3 is 0 Å². The number of rotatable bonds is 4. The van der Waals surface area contributed by atoms with Crippen molar-refractivity contribution in [2.75, 3.05) is 13.0 Å². The quantitative estimate of drug-likeness (QED) is 0.659. The first kappa shape index (κ1) is 8.70. The fourth-order valence-electron chi connectivity index (χ4n) is 2.40. The lowest BCUT2D eigenvalue weighted by Gasteiger charge is -2.16. The maximum Gasteiger partial charge on any atom is 0.124 e. The van der Waals surface area contributed by atoms with Crippen molar-refractivity contribution in [1.82, 2.24) is 14.5 Å². The molecule has 0 atom stereocenters. The van der Waals surface area contributed by atoms with Crippen LogP contribution in [-0.2, 0) is 13.0 Å². The number of imidazole rings is 1. The molecule has 2 aromatic carbocycles. The lowest BCUT2D eigenvalue weighted by Crippen LogP contribution is -2.21. The standard InChI is InChI=1S/C19H20ClN3.ClH/c20-16-9-7-15(8-10-16)13-23-18-6-2-1-5-17(18)21-19(23)14-22-11-3-4-12-22;/h1-2,5-10H,3-4,11-14H2;1H/i3D2,4D2,11D2,12D2,13D2;. The monoisotopic (exact) mass is 371 g/mol. The number of aromatic nitrogens is 2. The number of hydrogen-bond acceptors (Lipinski definition) is 2. The predicted molar refractivity (Wildman–Crippen MR) is 102 cm³/mol. The molecular formula is C19H21Cl2N3. The number of fused-ring (bicyclic) bond motifs is 1. The average molecular weight is 372 g/mol. The van der Waals surface area contributed by atoms with E-state index in [-0.39, 0.29) is 23.8 Å². The van der Waals surface area contributed by atoms with Crippen molar-refractivity contribution >= 4 is 35.0 Å². The Hall–Kier alpha value is -1.55. The van der Waals surface area contributed by atoms with Crippen molar-refractivity contribution in [1.29, 1.82) is 0 Å². The van der Waals surface area contributed by atoms with Crippen molar-refractivity contribution in [3.63, 3.8) is 0 Å². The van der Waals surface area contributed by atoms with E-state index < -0.39 is 38.8 Å². The van der Waals surface area contributed by atoms with Crippen molar-refractivity contribution < 1.29 is 13.7 Å². The third-order valence-electron chi connectivity index (χ3n) is 3.46. The Morgan fingerprint density at radius 2 is 1.79 bits per heavy atom. The van der Waals surface area contributed by atoms with Crippen LogP contribution in [0.25, 0.3) is 11.0 Å². The first-order valence-corrected chi connectivity index (χ1v) is 7.45. The lowest BCUT2D eigenvalue weighted by molar-refractivity contribution is 0.318. The van der Waals surface area contributed by atoms with Gasteiger partial charge in [0.05, 0.1) is 20.3 Å². The minimum atomic E-state index is -3.18. The van der Waals surface area contributed by atoms with Gasteiger partial charge < -0.3 is 4.57 Å². The van der Waals surface area contributed by atoms with Crippen molar-refractivity contribution in [3.8, 4) is 0 Å². The fraction of sp³-hybridized carbons (Fsp3) is 0.316. The number of nitrogens with zero attached hydrogens (tertiary/aromatic N) is 3. The molecule has 0 bridgehead atoms. The van der Waals surface area contributed by atoms with Crippen LogP contribution in [0, 0.1) is 0 Å². The Balaban J connectivity index is 0.00000324. The fourth-order valence-corrected chi connectivity index (χ4v) is 2.53. The largest absolute Gasteiger partial charge is 0.322 e. The van der Waals surface area contributed by atoms with Gasteiger partial charge in [-0.2, -0.15) is 0 Å². The number of halogens is 2. The summed E-state index contributed by atoms with van der Waals surface area (Å²) in [5.41, 5.74) is 0.949. The Labute approximate surface area is 167 Å². The van der Waals surface area contributed by atoms with Gasteiger partial charge in [-0.3, -0.25) is 4.90 Å². The number of para-hydroxylation sites is 2. The van der Waals surface area contributed by atoms with Crippen LogP contribution < -0.4 is 0 Å². The molecule has 1 fully saturated rings. The number of likely N-dealkylation sites (tertiary alicyclic amines) is 1. The maximum atomic E-state index is 8.84. The average Bonchev–Trinajstić information content (AvgIpc) is 3.12. The van der Waals surface area contributed by atoms with E-state index in [0.717, 1.165) is 0 Å². The molecule has 24 heavy (non-hydrogen) atoms. The molecule has 0 saturated carbocycles. The van der Waals surface area contributed by atoms with E-state index >= 15 is 0 Å². The highest BCUT2D eigenvalue weighted by molar-refractivity contribution is 6.30. The van der Waals surface area contributed by atoms with Gasteiger partial charge in [0.1, 0.15) is 5.82 Å². The summed E-state index contributed by atoms with van der Waals surface area (Å²) < 4.78 is 83.9. The molecule has 0 amide bonds. The topological polar surface area (TPSA) is 21.1 Å². The molecule has 0 N–H and O–H groups in total. The molecule has 5 heteroatoms. The zero-order valence-corrected chi connectivity index (χ0v) is 14.0. The van der Waals surface area contributed by atoms with Gasteiger partial charge in [-0.1, -0.05) is 35.9 Å². The van der Waals surface area contributed by atoms with Crippen molar-refractivity contribution in [2.45, 2.75) is 25.8 Å². The van der Waals surface area contributed by atoms with Crippen LogP contribution in [0.3, 0.4) is 0 Å². The summed E-state index contributed by atoms with van der Waals surface area (Å²) in [5, 5.41) is 0.410. The Kier molecular flexibility index (Phi) is 2.74. The summed E-state index contributed by atoms with van der Waals surface area (Å²) in [5.74, 6) is -0.0857. The molecule has 0 unspecified atom stereocenters. The molecule has 3 aromatic rings. The maximum absolute atomic E-state index is 8.84. The molecule has 1 saturated heterocycles. The second-order valence-corrected chi connectivity index (χ2v) is 5.47. The Bertz CT molecular complexity index is 1180. The highest BCUT2D eigenvalue weighted by Gasteiger charge is 2.17. The van der Waals surface area contributed by atoms with Crippen LogP contribution in [0.15, 0.2) is 48.5 Å². The van der Waals surface area contributed by atoms with Gasteiger partial charge in [0.15, 0.2) is 0 Å². The van der Waals surface area contributed by atoms with E-state index in [1.807, 2.05) is 0 Å². The molecular weight excluding hydrogens is 341 g/mol. The highest BCUT2D eigenvalue weighted by Crippen LogP contribution is 2.21. The van der Waals surface area contributed by atoms with Crippen molar-refractivity contribution in [3.05, 3.63) is 64.9 Å². The minimum Gasteiger partial charge on any atom is -0.322 e. The summed E-state index contributed by atoms with van der Waals surface area (Å²) in [6, 6.07) is 12.6. The summed E-state index contributed by atoms with van der Waals surface area (Å²) in [4.78, 5) is 4.83. The van der Waals surface area contributed by atoms with E-state index in [1.54, 1.807) is 24.3 Å². The van der Waals surface area contributed by atoms with E-state index in [9.17, 15) is 0 Å². The van der Waals surface area contributed by atoms with Crippen LogP contribution >= 0.6 is 24.0 Å². The molecule has 0 spiro atoms. The molecule has 1 aliphatic heterocycles. The van der Waals surface area contributed by atoms with Crippen LogP contribution in [-0.4, -0.2) is 27.4 Å². The molecule has 1 aromatic heterocycles. The zero-order valence-electron chi connectivity index (χ0n) is 22.5. The first-order chi connectivity index (χ1) is 15.1. The predicted octanol–water partition coefficient (Wildman–Crippen LogP) is 4.76. The second-order valence-electron chi connectivity index (χ2n) is 5.03. The van der Waals surface area contributed by atoms with Gasteiger partial charge in [-0.25, -0.2) is 4.98 Å². The van der Waals surface area contributed by atoms with Gasteiger partial charge in [-0.15, -0.1) is 12.4 Å². The SMILES string of the molecule is Cl.[2H]C([2H])(c1ccc(Cl)cc1)n1c(CN2C([2H])([2H])C([2H])([2H])C([2H])([2H])C2([2H])[2H])nc2ccccc21. The molecule has 0 aliphatic carbocycles. The third-order valence-corrected chi connectivity index (χ3v) is 3.71. The summed E-state index contributed by atoms with van der Waals surface area (Å²) in [6.45, 7) is -8.99. The van der Waals surface area contributed by atoms with Crippen LogP contribution in [0.2, 0.25) is 5.02 Å². The minimum absolute atomic E-state index is 0. The van der Waals surface area contributed by atoms with Crippen LogP contribution in [0.5, 0.6) is 0 Å². The van der Waals surface area contributed by atoms with E-state index in [4.69, 9.17) is 25.3 Å². The highest BCUT2D eigenvalue weighted by atomic mass is 35.5. The smallest absolute Gasteiger partial charge is 0.124 e. The van der Waals surface area contributed by atoms with Crippen molar-refractivity contribution in [2.24, 2.45) is 0 Å². The Morgan fingerprint density at radius 3 is 2.54 bits per heavy atom. The lowest BCUT2D eigenvalue weighted by atomic mass is 10.2. The molecule has 126 valence electrons. The summed E-state index contributed by atoms with van der Waals surface area (Å²) in [6.07, 6.45) is -6.37.